The van der Waals surface area contributed by atoms with Crippen molar-refractivity contribution in [3.8, 4) is 17.2 Å². The van der Waals surface area contributed by atoms with Gasteiger partial charge in [-0.1, -0.05) is 74.4 Å². The van der Waals surface area contributed by atoms with Crippen molar-refractivity contribution in [3.05, 3.63) is 111 Å². The lowest BCUT2D eigenvalue weighted by molar-refractivity contribution is 0.363. The van der Waals surface area contributed by atoms with Crippen LogP contribution >= 0.6 is 7.92 Å². The highest BCUT2D eigenvalue weighted by Crippen LogP contribution is 2.34. The van der Waals surface area contributed by atoms with Crippen LogP contribution in [0.2, 0.25) is 0 Å². The van der Waals surface area contributed by atoms with Crippen LogP contribution in [0.15, 0.2) is 111 Å². The van der Waals surface area contributed by atoms with Crippen LogP contribution in [-0.2, 0) is 0 Å². The SMILES string of the molecule is C=CCOc1ccc(P(c2ccc(OCC=C)cc2)c2ccc(OCC=C)cc2)cc1. The van der Waals surface area contributed by atoms with Crippen molar-refractivity contribution in [3.63, 3.8) is 0 Å². The van der Waals surface area contributed by atoms with E-state index in [1.54, 1.807) is 18.2 Å². The molecule has 0 amide bonds. The second-order valence-electron chi connectivity index (χ2n) is 6.62. The molecule has 0 N–H and O–H groups in total. The summed E-state index contributed by atoms with van der Waals surface area (Å²) in [4.78, 5) is 0. The number of rotatable bonds is 12. The zero-order chi connectivity index (χ0) is 21.9. The summed E-state index contributed by atoms with van der Waals surface area (Å²) in [6.07, 6.45) is 5.23. The van der Waals surface area contributed by atoms with Gasteiger partial charge in [0.1, 0.15) is 37.1 Å². The Morgan fingerprint density at radius 2 is 0.742 bits per heavy atom. The molecule has 0 aliphatic carbocycles. The molecule has 0 heterocycles. The molecule has 158 valence electrons. The van der Waals surface area contributed by atoms with Crippen LogP contribution in [0.3, 0.4) is 0 Å². The Hall–Kier alpha value is -3.29. The van der Waals surface area contributed by atoms with Gasteiger partial charge in [-0.3, -0.25) is 0 Å². The highest BCUT2D eigenvalue weighted by Gasteiger charge is 2.17. The first kappa shape index (κ1) is 22.4. The molecule has 0 radical (unpaired) electrons. The summed E-state index contributed by atoms with van der Waals surface area (Å²) in [5, 5.41) is 3.71. The van der Waals surface area contributed by atoms with Gasteiger partial charge in [0.2, 0.25) is 0 Å². The molecule has 0 aromatic heterocycles. The highest BCUT2D eigenvalue weighted by molar-refractivity contribution is 7.79. The van der Waals surface area contributed by atoms with Gasteiger partial charge in [-0.25, -0.2) is 0 Å². The normalized spacial score (nSPS) is 10.4. The minimum Gasteiger partial charge on any atom is -0.490 e. The minimum atomic E-state index is -0.749. The molecule has 4 heteroatoms. The van der Waals surface area contributed by atoms with E-state index in [2.05, 4.69) is 56.1 Å². The van der Waals surface area contributed by atoms with E-state index in [4.69, 9.17) is 14.2 Å². The summed E-state index contributed by atoms with van der Waals surface area (Å²) in [7, 11) is -0.749. The molecule has 0 aliphatic rings. The Balaban J connectivity index is 1.92. The Morgan fingerprint density at radius 3 is 0.968 bits per heavy atom. The van der Waals surface area contributed by atoms with Crippen molar-refractivity contribution in [2.45, 2.75) is 0 Å². The fraction of sp³-hybridized carbons (Fsp3) is 0.111. The fourth-order valence-corrected chi connectivity index (χ4v) is 5.22. The predicted octanol–water partition coefficient (Wildman–Crippen LogP) is 5.14. The zero-order valence-electron chi connectivity index (χ0n) is 17.6. The molecule has 31 heavy (non-hydrogen) atoms. The first-order chi connectivity index (χ1) is 15.2. The van der Waals surface area contributed by atoms with E-state index >= 15 is 0 Å². The van der Waals surface area contributed by atoms with Crippen molar-refractivity contribution in [1.82, 2.24) is 0 Å². The molecule has 3 aromatic rings. The zero-order valence-corrected chi connectivity index (χ0v) is 18.5. The summed E-state index contributed by atoms with van der Waals surface area (Å²) in [6.45, 7) is 12.6. The Bertz CT molecular complexity index is 845. The van der Waals surface area contributed by atoms with Gasteiger partial charge >= 0.3 is 0 Å². The molecule has 0 atom stereocenters. The van der Waals surface area contributed by atoms with Gasteiger partial charge in [0.25, 0.3) is 0 Å². The molecule has 0 aliphatic heterocycles. The topological polar surface area (TPSA) is 27.7 Å². The molecule has 3 aromatic carbocycles. The van der Waals surface area contributed by atoms with Crippen molar-refractivity contribution in [2.24, 2.45) is 0 Å². The van der Waals surface area contributed by atoms with Gasteiger partial charge in [0.15, 0.2) is 0 Å². The summed E-state index contributed by atoms with van der Waals surface area (Å²) in [5.41, 5.74) is 0. The maximum Gasteiger partial charge on any atom is 0.119 e. The summed E-state index contributed by atoms with van der Waals surface area (Å²) >= 11 is 0. The monoisotopic (exact) mass is 430 g/mol. The van der Waals surface area contributed by atoms with Crippen molar-refractivity contribution in [2.75, 3.05) is 19.8 Å². The third kappa shape index (κ3) is 6.34. The quantitative estimate of drug-likeness (QED) is 0.294. The molecule has 0 saturated carbocycles. The second-order valence-corrected chi connectivity index (χ2v) is 8.84. The predicted molar refractivity (Wildman–Crippen MR) is 132 cm³/mol. The van der Waals surface area contributed by atoms with Crippen LogP contribution in [0.4, 0.5) is 0 Å². The molecule has 0 bridgehead atoms. The third-order valence-electron chi connectivity index (χ3n) is 4.39. The van der Waals surface area contributed by atoms with Gasteiger partial charge in [-0.05, 0) is 60.2 Å². The Morgan fingerprint density at radius 1 is 0.484 bits per heavy atom. The van der Waals surface area contributed by atoms with Gasteiger partial charge in [0.05, 0.1) is 0 Å². The maximum atomic E-state index is 5.65. The first-order valence-electron chi connectivity index (χ1n) is 10.1. The molecular formula is C27H27O3P. The van der Waals surface area contributed by atoms with Crippen LogP contribution in [0.25, 0.3) is 0 Å². The number of benzene rings is 3. The van der Waals surface area contributed by atoms with E-state index in [-0.39, 0.29) is 0 Å². The van der Waals surface area contributed by atoms with Gasteiger partial charge in [-0.2, -0.15) is 0 Å². The molecule has 3 nitrogen and oxygen atoms in total. The van der Waals surface area contributed by atoms with Crippen LogP contribution in [0.5, 0.6) is 17.2 Å². The van der Waals surface area contributed by atoms with E-state index in [9.17, 15) is 0 Å². The van der Waals surface area contributed by atoms with Crippen LogP contribution in [-0.4, -0.2) is 19.8 Å². The van der Waals surface area contributed by atoms with Gasteiger partial charge < -0.3 is 14.2 Å². The van der Waals surface area contributed by atoms with Crippen LogP contribution < -0.4 is 30.1 Å². The van der Waals surface area contributed by atoms with Crippen LogP contribution in [0.1, 0.15) is 0 Å². The average molecular weight is 430 g/mol. The lowest BCUT2D eigenvalue weighted by Gasteiger charge is -2.20. The number of hydrogen-bond donors (Lipinski definition) is 0. The smallest absolute Gasteiger partial charge is 0.119 e. The lowest BCUT2D eigenvalue weighted by Crippen LogP contribution is -2.20. The van der Waals surface area contributed by atoms with E-state index in [1.807, 2.05) is 36.4 Å². The van der Waals surface area contributed by atoms with E-state index in [0.717, 1.165) is 17.2 Å². The largest absolute Gasteiger partial charge is 0.490 e. The summed E-state index contributed by atoms with van der Waals surface area (Å²) in [5.74, 6) is 2.50. The third-order valence-corrected chi connectivity index (χ3v) is 6.83. The van der Waals surface area contributed by atoms with E-state index in [0.29, 0.717) is 19.8 Å². The Kier molecular flexibility index (Phi) is 8.51. The maximum absolute atomic E-state index is 5.65. The molecule has 0 saturated heterocycles. The van der Waals surface area contributed by atoms with Gasteiger partial charge in [-0.15, -0.1) is 0 Å². The standard InChI is InChI=1S/C27H27O3P/c1-4-19-28-22-7-13-25(14-8-22)31(26-15-9-23(10-16-26)29-20-5-2)27-17-11-24(12-18-27)30-21-6-3/h4-18H,1-3,19-21H2. The molecular weight excluding hydrogens is 403 g/mol. The van der Waals surface area contributed by atoms with E-state index in [1.165, 1.54) is 15.9 Å². The average Bonchev–Trinajstić information content (AvgIpc) is 2.82. The van der Waals surface area contributed by atoms with Crippen molar-refractivity contribution in [1.29, 1.82) is 0 Å². The van der Waals surface area contributed by atoms with E-state index < -0.39 is 7.92 Å². The number of ether oxygens (including phenoxy) is 3. The van der Waals surface area contributed by atoms with Gasteiger partial charge in [0, 0.05) is 0 Å². The molecule has 3 rings (SSSR count). The highest BCUT2D eigenvalue weighted by atomic mass is 31.1. The van der Waals surface area contributed by atoms with Crippen molar-refractivity contribution >= 4 is 23.8 Å². The molecule has 0 fully saturated rings. The Labute approximate surface area is 186 Å². The lowest BCUT2D eigenvalue weighted by atomic mass is 10.3. The minimum absolute atomic E-state index is 0.493. The number of hydrogen-bond acceptors (Lipinski definition) is 3. The fourth-order valence-electron chi connectivity index (χ4n) is 2.99. The summed E-state index contributed by atoms with van der Waals surface area (Å²) in [6, 6.07) is 24.9. The van der Waals surface area contributed by atoms with Crippen molar-refractivity contribution < 1.29 is 14.2 Å². The summed E-state index contributed by atoms with van der Waals surface area (Å²) < 4.78 is 16.9. The van der Waals surface area contributed by atoms with Crippen LogP contribution in [0, 0.1) is 0 Å². The molecule has 0 unspecified atom stereocenters. The molecule has 0 spiro atoms. The second kappa shape index (κ2) is 11.8. The first-order valence-corrected chi connectivity index (χ1v) is 11.4.